The molecule has 2 aromatic carbocycles. The van der Waals surface area contributed by atoms with Gasteiger partial charge in [0, 0.05) is 22.2 Å². The molecule has 0 N–H and O–H groups in total. The number of fused-ring (bicyclic) bond motifs is 2. The summed E-state index contributed by atoms with van der Waals surface area (Å²) in [6.07, 6.45) is 0. The van der Waals surface area contributed by atoms with Crippen LogP contribution < -0.4 is 14.9 Å². The van der Waals surface area contributed by atoms with Crippen molar-refractivity contribution in [2.75, 3.05) is 13.9 Å². The molecule has 1 aliphatic heterocycles. The molecule has 5 nitrogen and oxygen atoms in total. The number of ether oxygens (including phenoxy) is 3. The fourth-order valence-corrected chi connectivity index (χ4v) is 3.26. The predicted molar refractivity (Wildman–Crippen MR) is 92.5 cm³/mol. The minimum absolute atomic E-state index is 0.116. The maximum absolute atomic E-state index is 12.4. The van der Waals surface area contributed by atoms with Crippen LogP contribution in [0.3, 0.4) is 0 Å². The molecule has 4 rings (SSSR count). The SMILES string of the molecule is COc1ccc2c(=O)cc(-c3cc(Br)cc4c3OCOC4)oc2c1. The maximum atomic E-state index is 12.4. The van der Waals surface area contributed by atoms with Crippen molar-refractivity contribution in [1.82, 2.24) is 0 Å². The third-order valence-corrected chi connectivity index (χ3v) is 4.33. The molecule has 0 amide bonds. The van der Waals surface area contributed by atoms with Crippen LogP contribution in [0.4, 0.5) is 0 Å². The van der Waals surface area contributed by atoms with Crippen molar-refractivity contribution in [2.24, 2.45) is 0 Å². The molecule has 0 spiro atoms. The minimum Gasteiger partial charge on any atom is -0.497 e. The molecule has 24 heavy (non-hydrogen) atoms. The highest BCUT2D eigenvalue weighted by atomic mass is 79.9. The molecule has 0 radical (unpaired) electrons. The molecular formula is C18H13BrO5. The largest absolute Gasteiger partial charge is 0.497 e. The van der Waals surface area contributed by atoms with Crippen LogP contribution in [-0.4, -0.2) is 13.9 Å². The number of hydrogen-bond acceptors (Lipinski definition) is 5. The van der Waals surface area contributed by atoms with E-state index in [-0.39, 0.29) is 12.2 Å². The standard InChI is InChI=1S/C18H13BrO5/c1-21-12-2-3-13-15(20)7-17(24-16(13)6-12)14-5-11(19)4-10-8-22-9-23-18(10)14/h2-7H,8-9H2,1H3. The molecule has 0 aliphatic carbocycles. The second-order valence-corrected chi connectivity index (χ2v) is 6.30. The number of benzene rings is 2. The first-order chi connectivity index (χ1) is 11.7. The lowest BCUT2D eigenvalue weighted by atomic mass is 10.1. The molecule has 122 valence electrons. The van der Waals surface area contributed by atoms with Crippen LogP contribution in [0.15, 0.2) is 50.1 Å². The van der Waals surface area contributed by atoms with E-state index < -0.39 is 0 Å². The predicted octanol–water partition coefficient (Wildman–Crippen LogP) is 4.10. The van der Waals surface area contributed by atoms with Gasteiger partial charge < -0.3 is 18.6 Å². The van der Waals surface area contributed by atoms with Gasteiger partial charge in [0.25, 0.3) is 0 Å². The van der Waals surface area contributed by atoms with Gasteiger partial charge in [-0.1, -0.05) is 15.9 Å². The van der Waals surface area contributed by atoms with Gasteiger partial charge in [0.15, 0.2) is 12.2 Å². The molecule has 0 atom stereocenters. The Morgan fingerprint density at radius 2 is 2.04 bits per heavy atom. The Labute approximate surface area is 145 Å². The van der Waals surface area contributed by atoms with Crippen molar-refractivity contribution < 1.29 is 18.6 Å². The lowest BCUT2D eigenvalue weighted by molar-refractivity contribution is -0.0160. The van der Waals surface area contributed by atoms with Crippen molar-refractivity contribution in [3.05, 3.63) is 56.7 Å². The number of hydrogen-bond donors (Lipinski definition) is 0. The van der Waals surface area contributed by atoms with Gasteiger partial charge in [-0.3, -0.25) is 4.79 Å². The smallest absolute Gasteiger partial charge is 0.193 e. The van der Waals surface area contributed by atoms with E-state index in [1.54, 1.807) is 25.3 Å². The van der Waals surface area contributed by atoms with Crippen molar-refractivity contribution in [3.63, 3.8) is 0 Å². The fourth-order valence-electron chi connectivity index (χ4n) is 2.76. The second-order valence-electron chi connectivity index (χ2n) is 5.39. The second kappa shape index (κ2) is 5.96. The summed E-state index contributed by atoms with van der Waals surface area (Å²) >= 11 is 3.48. The third kappa shape index (κ3) is 2.57. The molecule has 0 bridgehead atoms. The highest BCUT2D eigenvalue weighted by molar-refractivity contribution is 9.10. The molecule has 2 heterocycles. The highest BCUT2D eigenvalue weighted by Gasteiger charge is 2.20. The average molecular weight is 389 g/mol. The molecular weight excluding hydrogens is 376 g/mol. The zero-order valence-corrected chi connectivity index (χ0v) is 14.4. The van der Waals surface area contributed by atoms with Gasteiger partial charge >= 0.3 is 0 Å². The van der Waals surface area contributed by atoms with Gasteiger partial charge in [-0.15, -0.1) is 0 Å². The third-order valence-electron chi connectivity index (χ3n) is 3.88. The van der Waals surface area contributed by atoms with E-state index in [4.69, 9.17) is 18.6 Å². The van der Waals surface area contributed by atoms with Crippen molar-refractivity contribution in [1.29, 1.82) is 0 Å². The van der Waals surface area contributed by atoms with E-state index in [9.17, 15) is 4.79 Å². The molecule has 0 saturated carbocycles. The van der Waals surface area contributed by atoms with E-state index in [0.29, 0.717) is 40.4 Å². The zero-order chi connectivity index (χ0) is 16.7. The Bertz CT molecular complexity index is 993. The Morgan fingerprint density at radius 1 is 1.17 bits per heavy atom. The summed E-state index contributed by atoms with van der Waals surface area (Å²) in [7, 11) is 1.57. The molecule has 6 heteroatoms. The Kier molecular flexibility index (Phi) is 3.78. The molecule has 0 unspecified atom stereocenters. The lowest BCUT2D eigenvalue weighted by Crippen LogP contribution is -2.12. The zero-order valence-electron chi connectivity index (χ0n) is 12.8. The normalized spacial score (nSPS) is 13.4. The first-order valence-electron chi connectivity index (χ1n) is 7.31. The summed E-state index contributed by atoms with van der Waals surface area (Å²) in [5.41, 5.74) is 1.97. The van der Waals surface area contributed by atoms with E-state index in [1.165, 1.54) is 6.07 Å². The quantitative estimate of drug-likeness (QED) is 0.661. The average Bonchev–Trinajstić information content (AvgIpc) is 2.60. The molecule has 0 saturated heterocycles. The Morgan fingerprint density at radius 3 is 2.88 bits per heavy atom. The topological polar surface area (TPSA) is 57.9 Å². The summed E-state index contributed by atoms with van der Waals surface area (Å²) in [6, 6.07) is 10.4. The lowest BCUT2D eigenvalue weighted by Gasteiger charge is -2.20. The van der Waals surface area contributed by atoms with Crippen LogP contribution in [0, 0.1) is 0 Å². The van der Waals surface area contributed by atoms with Crippen molar-refractivity contribution in [3.8, 4) is 22.8 Å². The van der Waals surface area contributed by atoms with Gasteiger partial charge in [-0.05, 0) is 24.3 Å². The summed E-state index contributed by atoms with van der Waals surface area (Å²) in [5.74, 6) is 1.75. The molecule has 3 aromatic rings. The summed E-state index contributed by atoms with van der Waals surface area (Å²) in [5, 5.41) is 0.507. The first kappa shape index (κ1) is 15.2. The van der Waals surface area contributed by atoms with Crippen LogP contribution in [0.1, 0.15) is 5.56 Å². The Hall–Kier alpha value is -2.31. The van der Waals surface area contributed by atoms with E-state index in [1.807, 2.05) is 12.1 Å². The fraction of sp³-hybridized carbons (Fsp3) is 0.167. The number of halogens is 1. The monoisotopic (exact) mass is 388 g/mol. The summed E-state index contributed by atoms with van der Waals surface area (Å²) in [4.78, 5) is 12.4. The maximum Gasteiger partial charge on any atom is 0.193 e. The Balaban J connectivity index is 1.97. The minimum atomic E-state index is -0.116. The van der Waals surface area contributed by atoms with Crippen molar-refractivity contribution in [2.45, 2.75) is 6.61 Å². The van der Waals surface area contributed by atoms with Gasteiger partial charge in [0.2, 0.25) is 0 Å². The summed E-state index contributed by atoms with van der Waals surface area (Å²) < 4.78 is 23.0. The first-order valence-corrected chi connectivity index (χ1v) is 8.10. The highest BCUT2D eigenvalue weighted by Crippen LogP contribution is 2.38. The number of methoxy groups -OCH3 is 1. The molecule has 0 fully saturated rings. The molecule has 1 aromatic heterocycles. The number of rotatable bonds is 2. The van der Waals surface area contributed by atoms with Crippen LogP contribution in [0.5, 0.6) is 11.5 Å². The molecule has 1 aliphatic rings. The van der Waals surface area contributed by atoms with Crippen LogP contribution in [-0.2, 0) is 11.3 Å². The van der Waals surface area contributed by atoms with E-state index in [0.717, 1.165) is 10.0 Å². The van der Waals surface area contributed by atoms with Gasteiger partial charge in [-0.2, -0.15) is 0 Å². The van der Waals surface area contributed by atoms with Gasteiger partial charge in [0.05, 0.1) is 24.7 Å². The van der Waals surface area contributed by atoms with Gasteiger partial charge in [0.1, 0.15) is 22.8 Å². The van der Waals surface area contributed by atoms with E-state index in [2.05, 4.69) is 15.9 Å². The van der Waals surface area contributed by atoms with Crippen LogP contribution in [0.25, 0.3) is 22.3 Å². The van der Waals surface area contributed by atoms with Crippen LogP contribution >= 0.6 is 15.9 Å². The van der Waals surface area contributed by atoms with Crippen LogP contribution in [0.2, 0.25) is 0 Å². The van der Waals surface area contributed by atoms with E-state index >= 15 is 0 Å². The summed E-state index contributed by atoms with van der Waals surface area (Å²) in [6.45, 7) is 0.626. The van der Waals surface area contributed by atoms with Crippen molar-refractivity contribution >= 4 is 26.9 Å². The van der Waals surface area contributed by atoms with Gasteiger partial charge in [-0.25, -0.2) is 0 Å².